The largest absolute Gasteiger partial charge is 0.383 e. The lowest BCUT2D eigenvalue weighted by atomic mass is 9.93. The molecular weight excluding hydrogens is 362 g/mol. The molecule has 0 spiro atoms. The molecule has 1 aromatic heterocycles. The summed E-state index contributed by atoms with van der Waals surface area (Å²) in [6, 6.07) is 7.55. The molecule has 0 saturated carbocycles. The molecule has 7 heteroatoms. The average molecular weight is 388 g/mol. The van der Waals surface area contributed by atoms with Gasteiger partial charge in [-0.05, 0) is 55.5 Å². The van der Waals surface area contributed by atoms with Crippen molar-refractivity contribution in [3.63, 3.8) is 0 Å². The van der Waals surface area contributed by atoms with Gasteiger partial charge in [-0.15, -0.1) is 0 Å². The topological polar surface area (TPSA) is 71.2 Å². The van der Waals surface area contributed by atoms with Crippen LogP contribution >= 0.6 is 0 Å². The molecule has 1 aromatic carbocycles. The SMILES string of the molecule is Nc1ncccc1CN1CCC[C@@H](CCC(=O)NCc2ccc(F)c(F)c2)C1. The van der Waals surface area contributed by atoms with Gasteiger partial charge in [0, 0.05) is 37.8 Å². The number of carbonyl (C=O) groups excluding carboxylic acids is 1. The normalized spacial score (nSPS) is 17.4. The Labute approximate surface area is 163 Å². The smallest absolute Gasteiger partial charge is 0.220 e. The highest BCUT2D eigenvalue weighted by atomic mass is 19.2. The molecule has 1 saturated heterocycles. The Bertz CT molecular complexity index is 815. The van der Waals surface area contributed by atoms with Gasteiger partial charge in [0.2, 0.25) is 5.91 Å². The molecule has 2 heterocycles. The van der Waals surface area contributed by atoms with Gasteiger partial charge < -0.3 is 11.1 Å². The third-order valence-corrected chi connectivity index (χ3v) is 5.18. The van der Waals surface area contributed by atoms with Gasteiger partial charge in [0.05, 0.1) is 0 Å². The molecule has 0 bridgehead atoms. The molecule has 3 N–H and O–H groups in total. The molecule has 1 fully saturated rings. The highest BCUT2D eigenvalue weighted by Gasteiger charge is 2.21. The number of nitrogens with zero attached hydrogens (tertiary/aromatic N) is 2. The molecule has 1 atom stereocenters. The van der Waals surface area contributed by atoms with Gasteiger partial charge in [-0.1, -0.05) is 12.1 Å². The Balaban J connectivity index is 1.41. The standard InChI is InChI=1S/C21H26F2N4O/c22-18-7-5-16(11-19(18)23)12-26-20(28)8-6-15-3-2-10-27(13-15)14-17-4-1-9-25-21(17)24/h1,4-5,7,9,11,15H,2-3,6,8,10,12-14H2,(H2,24,25)(H,26,28)/t15-/m0/s1. The second-order valence-electron chi connectivity index (χ2n) is 7.36. The van der Waals surface area contributed by atoms with E-state index in [1.165, 1.54) is 6.07 Å². The van der Waals surface area contributed by atoms with E-state index in [0.717, 1.165) is 56.6 Å². The Kier molecular flexibility index (Phi) is 6.92. The highest BCUT2D eigenvalue weighted by Crippen LogP contribution is 2.23. The summed E-state index contributed by atoms with van der Waals surface area (Å²) in [6.45, 7) is 2.93. The molecule has 3 rings (SSSR count). The van der Waals surface area contributed by atoms with Gasteiger partial charge in [0.15, 0.2) is 11.6 Å². The summed E-state index contributed by atoms with van der Waals surface area (Å²) in [5, 5.41) is 2.78. The quantitative estimate of drug-likeness (QED) is 0.764. The lowest BCUT2D eigenvalue weighted by Crippen LogP contribution is -2.35. The number of aromatic nitrogens is 1. The first-order valence-electron chi connectivity index (χ1n) is 9.63. The summed E-state index contributed by atoms with van der Waals surface area (Å²) < 4.78 is 26.1. The fraction of sp³-hybridized carbons (Fsp3) is 0.429. The highest BCUT2D eigenvalue weighted by molar-refractivity contribution is 5.75. The summed E-state index contributed by atoms with van der Waals surface area (Å²) >= 11 is 0. The maximum Gasteiger partial charge on any atom is 0.220 e. The summed E-state index contributed by atoms with van der Waals surface area (Å²) in [4.78, 5) is 18.6. The van der Waals surface area contributed by atoms with E-state index in [0.29, 0.717) is 23.7 Å². The van der Waals surface area contributed by atoms with Crippen molar-refractivity contribution in [2.24, 2.45) is 5.92 Å². The zero-order valence-corrected chi connectivity index (χ0v) is 15.8. The minimum Gasteiger partial charge on any atom is -0.383 e. The van der Waals surface area contributed by atoms with E-state index < -0.39 is 11.6 Å². The number of anilines is 1. The van der Waals surface area contributed by atoms with Crippen LogP contribution in [0.2, 0.25) is 0 Å². The van der Waals surface area contributed by atoms with Crippen LogP contribution in [0.3, 0.4) is 0 Å². The number of piperidine rings is 1. The molecular formula is C21H26F2N4O. The van der Waals surface area contributed by atoms with Gasteiger partial charge >= 0.3 is 0 Å². The maximum atomic E-state index is 13.2. The van der Waals surface area contributed by atoms with E-state index in [2.05, 4.69) is 15.2 Å². The molecule has 0 radical (unpaired) electrons. The molecule has 150 valence electrons. The third kappa shape index (κ3) is 5.73. The summed E-state index contributed by atoms with van der Waals surface area (Å²) in [6.07, 6.45) is 5.13. The number of hydrogen-bond acceptors (Lipinski definition) is 4. The van der Waals surface area contributed by atoms with Crippen molar-refractivity contribution >= 4 is 11.7 Å². The number of pyridine rings is 1. The van der Waals surface area contributed by atoms with Crippen LogP contribution in [0, 0.1) is 17.6 Å². The van der Waals surface area contributed by atoms with Gasteiger partial charge in [0.1, 0.15) is 5.82 Å². The number of nitrogens with two attached hydrogens (primary N) is 1. The Morgan fingerprint density at radius 2 is 2.14 bits per heavy atom. The molecule has 1 aliphatic rings. The second kappa shape index (κ2) is 9.59. The van der Waals surface area contributed by atoms with E-state index >= 15 is 0 Å². The number of rotatable bonds is 7. The van der Waals surface area contributed by atoms with E-state index in [4.69, 9.17) is 5.73 Å². The number of nitrogen functional groups attached to an aromatic ring is 1. The number of halogens is 2. The van der Waals surface area contributed by atoms with Crippen molar-refractivity contribution in [3.05, 3.63) is 59.3 Å². The van der Waals surface area contributed by atoms with Crippen LogP contribution in [0.5, 0.6) is 0 Å². The maximum absolute atomic E-state index is 13.2. The number of carbonyl (C=O) groups is 1. The summed E-state index contributed by atoms with van der Waals surface area (Å²) in [5.74, 6) is -0.825. The Hall–Kier alpha value is -2.54. The third-order valence-electron chi connectivity index (χ3n) is 5.18. The zero-order chi connectivity index (χ0) is 19.9. The van der Waals surface area contributed by atoms with Gasteiger partial charge in [0.25, 0.3) is 0 Å². The number of benzene rings is 1. The number of nitrogens with one attached hydrogen (secondary N) is 1. The number of amides is 1. The van der Waals surface area contributed by atoms with E-state index in [1.54, 1.807) is 6.20 Å². The fourth-order valence-electron chi connectivity index (χ4n) is 3.63. The van der Waals surface area contributed by atoms with Crippen molar-refractivity contribution < 1.29 is 13.6 Å². The van der Waals surface area contributed by atoms with Gasteiger partial charge in [-0.3, -0.25) is 9.69 Å². The molecule has 0 aliphatic carbocycles. The lowest BCUT2D eigenvalue weighted by Gasteiger charge is -2.32. The molecule has 5 nitrogen and oxygen atoms in total. The Morgan fingerprint density at radius 3 is 2.93 bits per heavy atom. The van der Waals surface area contributed by atoms with Crippen LogP contribution in [-0.4, -0.2) is 28.9 Å². The lowest BCUT2D eigenvalue weighted by molar-refractivity contribution is -0.121. The van der Waals surface area contributed by atoms with Crippen molar-refractivity contribution in [2.45, 2.75) is 38.8 Å². The predicted molar refractivity (Wildman–Crippen MR) is 104 cm³/mol. The van der Waals surface area contributed by atoms with Crippen LogP contribution in [0.1, 0.15) is 36.8 Å². The van der Waals surface area contributed by atoms with Crippen molar-refractivity contribution in [1.29, 1.82) is 0 Å². The van der Waals surface area contributed by atoms with Crippen LogP contribution in [0.15, 0.2) is 36.5 Å². The van der Waals surface area contributed by atoms with Gasteiger partial charge in [-0.2, -0.15) is 0 Å². The number of likely N-dealkylation sites (tertiary alicyclic amines) is 1. The summed E-state index contributed by atoms with van der Waals surface area (Å²) in [5.41, 5.74) is 7.52. The zero-order valence-electron chi connectivity index (χ0n) is 15.8. The van der Waals surface area contributed by atoms with E-state index in [9.17, 15) is 13.6 Å². The monoisotopic (exact) mass is 388 g/mol. The van der Waals surface area contributed by atoms with Crippen LogP contribution in [0.4, 0.5) is 14.6 Å². The predicted octanol–water partition coefficient (Wildman–Crippen LogP) is 3.25. The van der Waals surface area contributed by atoms with Gasteiger partial charge in [-0.25, -0.2) is 13.8 Å². The number of hydrogen-bond donors (Lipinski definition) is 2. The first-order valence-corrected chi connectivity index (χ1v) is 9.63. The Morgan fingerprint density at radius 1 is 1.29 bits per heavy atom. The van der Waals surface area contributed by atoms with E-state index in [-0.39, 0.29) is 12.5 Å². The summed E-state index contributed by atoms with van der Waals surface area (Å²) in [7, 11) is 0. The molecule has 28 heavy (non-hydrogen) atoms. The molecule has 2 aromatic rings. The van der Waals surface area contributed by atoms with Crippen molar-refractivity contribution in [2.75, 3.05) is 18.8 Å². The minimum atomic E-state index is -0.900. The first kappa shape index (κ1) is 20.2. The van der Waals surface area contributed by atoms with Crippen LogP contribution < -0.4 is 11.1 Å². The van der Waals surface area contributed by atoms with E-state index in [1.807, 2.05) is 12.1 Å². The average Bonchev–Trinajstić information content (AvgIpc) is 2.69. The van der Waals surface area contributed by atoms with Crippen LogP contribution in [0.25, 0.3) is 0 Å². The molecule has 0 unspecified atom stereocenters. The molecule has 1 amide bonds. The molecule has 1 aliphatic heterocycles. The minimum absolute atomic E-state index is 0.0710. The van der Waals surface area contributed by atoms with Crippen LogP contribution in [-0.2, 0) is 17.9 Å². The first-order chi connectivity index (χ1) is 13.5. The second-order valence-corrected chi connectivity index (χ2v) is 7.36. The fourth-order valence-corrected chi connectivity index (χ4v) is 3.63. The van der Waals surface area contributed by atoms with Crippen molar-refractivity contribution in [3.8, 4) is 0 Å². The van der Waals surface area contributed by atoms with Crippen molar-refractivity contribution in [1.82, 2.24) is 15.2 Å².